The van der Waals surface area contributed by atoms with Crippen LogP contribution < -0.4 is 15.5 Å². The van der Waals surface area contributed by atoms with Crippen molar-refractivity contribution in [3.05, 3.63) is 24.0 Å². The summed E-state index contributed by atoms with van der Waals surface area (Å²) >= 11 is 0. The number of rotatable bonds is 4. The summed E-state index contributed by atoms with van der Waals surface area (Å²) in [7, 11) is -0.505. The zero-order chi connectivity index (χ0) is 16.0. The molecule has 2 aliphatic heterocycles. The Morgan fingerprint density at radius 2 is 1.91 bits per heavy atom. The van der Waals surface area contributed by atoms with Gasteiger partial charge in [0.1, 0.15) is 6.61 Å². The summed E-state index contributed by atoms with van der Waals surface area (Å²) in [6.07, 6.45) is 1.07. The molecule has 1 aromatic rings. The molecule has 0 spiro atoms. The molecular formula is C16H23BFNO3. The van der Waals surface area contributed by atoms with Crippen molar-refractivity contribution in [1.29, 1.82) is 0 Å². The van der Waals surface area contributed by atoms with Gasteiger partial charge in [0, 0.05) is 6.04 Å². The lowest BCUT2D eigenvalue weighted by Gasteiger charge is -2.32. The van der Waals surface area contributed by atoms with E-state index in [1.165, 1.54) is 6.07 Å². The standard InChI is InChI=1S/C16H23BFNO3/c1-15(2)16(3,4)22-17(21-15)11-5-6-13(18)14(9-11)20-10-12-7-8-19-12/h5-6,9,12,19H,7-8,10H2,1-4H3/t12-/m0/s1. The molecule has 2 fully saturated rings. The van der Waals surface area contributed by atoms with Gasteiger partial charge in [-0.15, -0.1) is 0 Å². The van der Waals surface area contributed by atoms with Crippen LogP contribution in [0, 0.1) is 5.82 Å². The quantitative estimate of drug-likeness (QED) is 0.862. The topological polar surface area (TPSA) is 39.7 Å². The van der Waals surface area contributed by atoms with Crippen LogP contribution in [0.4, 0.5) is 4.39 Å². The first kappa shape index (κ1) is 15.8. The zero-order valence-corrected chi connectivity index (χ0v) is 13.6. The molecule has 0 saturated carbocycles. The minimum atomic E-state index is -0.505. The molecule has 1 N–H and O–H groups in total. The second kappa shape index (κ2) is 5.51. The van der Waals surface area contributed by atoms with Crippen molar-refractivity contribution in [1.82, 2.24) is 5.32 Å². The average Bonchev–Trinajstić information content (AvgIpc) is 2.59. The van der Waals surface area contributed by atoms with Crippen molar-refractivity contribution in [3.63, 3.8) is 0 Å². The Labute approximate surface area is 131 Å². The summed E-state index contributed by atoms with van der Waals surface area (Å²) < 4.78 is 31.5. The van der Waals surface area contributed by atoms with E-state index in [0.717, 1.165) is 18.4 Å². The predicted molar refractivity (Wildman–Crippen MR) is 84.0 cm³/mol. The highest BCUT2D eigenvalue weighted by Gasteiger charge is 2.51. The van der Waals surface area contributed by atoms with Crippen LogP contribution in [0.5, 0.6) is 5.75 Å². The Kier molecular flexibility index (Phi) is 3.95. The average molecular weight is 307 g/mol. The van der Waals surface area contributed by atoms with Crippen LogP contribution in [0.1, 0.15) is 34.1 Å². The molecule has 0 amide bonds. The van der Waals surface area contributed by atoms with Crippen molar-refractivity contribution < 1.29 is 18.4 Å². The fourth-order valence-corrected chi connectivity index (χ4v) is 2.44. The molecule has 1 atom stereocenters. The number of hydrogen-bond donors (Lipinski definition) is 1. The minimum Gasteiger partial charge on any atom is -0.489 e. The van der Waals surface area contributed by atoms with E-state index in [1.807, 2.05) is 27.7 Å². The van der Waals surface area contributed by atoms with E-state index in [0.29, 0.717) is 12.6 Å². The first-order chi connectivity index (χ1) is 10.3. The number of halogens is 1. The third-order valence-electron chi connectivity index (χ3n) is 4.85. The molecule has 0 aliphatic carbocycles. The molecule has 2 saturated heterocycles. The van der Waals surface area contributed by atoms with E-state index >= 15 is 0 Å². The van der Waals surface area contributed by atoms with Crippen molar-refractivity contribution in [2.75, 3.05) is 13.2 Å². The van der Waals surface area contributed by atoms with E-state index in [9.17, 15) is 4.39 Å². The highest BCUT2D eigenvalue weighted by atomic mass is 19.1. The number of hydrogen-bond acceptors (Lipinski definition) is 4. The Morgan fingerprint density at radius 3 is 2.45 bits per heavy atom. The van der Waals surface area contributed by atoms with E-state index < -0.39 is 18.3 Å². The number of nitrogens with one attached hydrogen (secondary N) is 1. The molecule has 4 nitrogen and oxygen atoms in total. The summed E-state index contributed by atoms with van der Waals surface area (Å²) in [5.74, 6) is -0.111. The Hall–Kier alpha value is -1.11. The normalized spacial score (nSPS) is 25.9. The summed E-state index contributed by atoms with van der Waals surface area (Å²) in [6.45, 7) is 9.47. The van der Waals surface area contributed by atoms with Crippen LogP contribution in [0.2, 0.25) is 0 Å². The lowest BCUT2D eigenvalue weighted by Crippen LogP contribution is -2.46. The Morgan fingerprint density at radius 1 is 1.27 bits per heavy atom. The fourth-order valence-electron chi connectivity index (χ4n) is 2.44. The molecule has 22 heavy (non-hydrogen) atoms. The van der Waals surface area contributed by atoms with Gasteiger partial charge < -0.3 is 19.4 Å². The fraction of sp³-hybridized carbons (Fsp3) is 0.625. The van der Waals surface area contributed by atoms with E-state index in [-0.39, 0.29) is 11.6 Å². The van der Waals surface area contributed by atoms with Gasteiger partial charge in [0.15, 0.2) is 11.6 Å². The van der Waals surface area contributed by atoms with Crippen LogP contribution in [0.15, 0.2) is 18.2 Å². The lowest BCUT2D eigenvalue weighted by atomic mass is 9.79. The monoisotopic (exact) mass is 307 g/mol. The summed E-state index contributed by atoms with van der Waals surface area (Å²) in [5, 5.41) is 3.23. The predicted octanol–water partition coefficient (Wildman–Crippen LogP) is 1.87. The molecule has 1 aromatic carbocycles. The second-order valence-corrected chi connectivity index (χ2v) is 7.03. The number of ether oxygens (including phenoxy) is 1. The summed E-state index contributed by atoms with van der Waals surface area (Å²) in [4.78, 5) is 0. The van der Waals surface area contributed by atoms with Crippen molar-refractivity contribution in [2.24, 2.45) is 0 Å². The SMILES string of the molecule is CC1(C)OB(c2ccc(F)c(OC[C@@H]3CCN3)c2)OC1(C)C. The van der Waals surface area contributed by atoms with Crippen molar-refractivity contribution in [3.8, 4) is 5.75 Å². The first-order valence-corrected chi connectivity index (χ1v) is 7.80. The first-order valence-electron chi connectivity index (χ1n) is 7.80. The van der Waals surface area contributed by atoms with Crippen molar-refractivity contribution in [2.45, 2.75) is 51.4 Å². The summed E-state index contributed by atoms with van der Waals surface area (Å²) in [6, 6.07) is 5.09. The van der Waals surface area contributed by atoms with Gasteiger partial charge in [-0.3, -0.25) is 0 Å². The molecule has 6 heteroatoms. The van der Waals surface area contributed by atoms with Crippen LogP contribution in [-0.4, -0.2) is 37.5 Å². The number of benzene rings is 1. The van der Waals surface area contributed by atoms with Gasteiger partial charge in [0.2, 0.25) is 0 Å². The van der Waals surface area contributed by atoms with Gasteiger partial charge in [-0.25, -0.2) is 4.39 Å². The molecule has 2 aliphatic rings. The second-order valence-electron chi connectivity index (χ2n) is 7.03. The summed E-state index contributed by atoms with van der Waals surface area (Å²) in [5.41, 5.74) is -0.0529. The highest BCUT2D eigenvalue weighted by Crippen LogP contribution is 2.36. The van der Waals surface area contributed by atoms with Crippen LogP contribution in [0.3, 0.4) is 0 Å². The largest absolute Gasteiger partial charge is 0.494 e. The zero-order valence-electron chi connectivity index (χ0n) is 13.6. The lowest BCUT2D eigenvalue weighted by molar-refractivity contribution is 0.00578. The molecule has 3 rings (SSSR count). The van der Waals surface area contributed by atoms with E-state index in [1.54, 1.807) is 12.1 Å². The molecule has 2 heterocycles. The molecular weight excluding hydrogens is 284 g/mol. The van der Waals surface area contributed by atoms with Crippen LogP contribution in [-0.2, 0) is 9.31 Å². The maximum Gasteiger partial charge on any atom is 0.494 e. The van der Waals surface area contributed by atoms with Gasteiger partial charge >= 0.3 is 7.12 Å². The van der Waals surface area contributed by atoms with Gasteiger partial charge in [-0.1, -0.05) is 6.07 Å². The minimum absolute atomic E-state index is 0.251. The molecule has 0 unspecified atom stereocenters. The maximum absolute atomic E-state index is 13.9. The maximum atomic E-state index is 13.9. The van der Waals surface area contributed by atoms with Gasteiger partial charge in [0.05, 0.1) is 11.2 Å². The van der Waals surface area contributed by atoms with Crippen LogP contribution in [0.25, 0.3) is 0 Å². The van der Waals surface area contributed by atoms with Gasteiger partial charge in [-0.05, 0) is 58.3 Å². The Balaban J connectivity index is 1.74. The van der Waals surface area contributed by atoms with E-state index in [4.69, 9.17) is 14.0 Å². The van der Waals surface area contributed by atoms with Crippen LogP contribution >= 0.6 is 0 Å². The third-order valence-corrected chi connectivity index (χ3v) is 4.85. The highest BCUT2D eigenvalue weighted by molar-refractivity contribution is 6.62. The molecule has 0 aromatic heterocycles. The smallest absolute Gasteiger partial charge is 0.489 e. The molecule has 120 valence electrons. The van der Waals surface area contributed by atoms with E-state index in [2.05, 4.69) is 5.32 Å². The Bertz CT molecular complexity index is 544. The third kappa shape index (κ3) is 2.87. The van der Waals surface area contributed by atoms with Gasteiger partial charge in [0.25, 0.3) is 0 Å². The van der Waals surface area contributed by atoms with Crippen molar-refractivity contribution >= 4 is 12.6 Å². The molecule has 0 bridgehead atoms. The molecule has 0 radical (unpaired) electrons. The van der Waals surface area contributed by atoms with Gasteiger partial charge in [-0.2, -0.15) is 0 Å².